The molecule has 1 saturated heterocycles. The van der Waals surface area contributed by atoms with Crippen molar-refractivity contribution in [3.05, 3.63) is 0 Å². The minimum absolute atomic E-state index is 0.277. The molecule has 116 valence electrons. The zero-order valence-electron chi connectivity index (χ0n) is 13.5. The maximum Gasteiger partial charge on any atom is 0.0685 e. The second kappa shape index (κ2) is 6.36. The van der Waals surface area contributed by atoms with Gasteiger partial charge in [-0.05, 0) is 62.8 Å². The van der Waals surface area contributed by atoms with E-state index in [4.69, 9.17) is 4.74 Å². The fourth-order valence-electron chi connectivity index (χ4n) is 4.35. The minimum Gasteiger partial charge on any atom is -0.375 e. The molecule has 0 aromatic rings. The van der Waals surface area contributed by atoms with E-state index in [1.807, 2.05) is 0 Å². The van der Waals surface area contributed by atoms with Gasteiger partial charge in [0.2, 0.25) is 0 Å². The molecule has 1 N–H and O–H groups in total. The van der Waals surface area contributed by atoms with Gasteiger partial charge in [0.1, 0.15) is 0 Å². The number of hydrogen-bond acceptors (Lipinski definition) is 2. The molecule has 3 unspecified atom stereocenters. The van der Waals surface area contributed by atoms with E-state index in [0.717, 1.165) is 30.4 Å². The van der Waals surface area contributed by atoms with Crippen LogP contribution >= 0.6 is 0 Å². The number of rotatable bonds is 5. The van der Waals surface area contributed by atoms with Gasteiger partial charge in [-0.25, -0.2) is 0 Å². The van der Waals surface area contributed by atoms with Crippen LogP contribution in [-0.4, -0.2) is 24.8 Å². The third-order valence-corrected chi connectivity index (χ3v) is 6.24. The maximum atomic E-state index is 6.26. The summed E-state index contributed by atoms with van der Waals surface area (Å²) >= 11 is 0. The monoisotopic (exact) mass is 279 g/mol. The van der Waals surface area contributed by atoms with Gasteiger partial charge in [-0.15, -0.1) is 0 Å². The molecule has 2 heteroatoms. The Labute approximate surface area is 125 Å². The van der Waals surface area contributed by atoms with Gasteiger partial charge in [0.15, 0.2) is 0 Å². The number of ether oxygens (including phenoxy) is 1. The Morgan fingerprint density at radius 2 is 1.85 bits per heavy atom. The topological polar surface area (TPSA) is 21.3 Å². The molecule has 0 bridgehead atoms. The molecule has 3 fully saturated rings. The first-order valence-corrected chi connectivity index (χ1v) is 9.06. The average molecular weight is 279 g/mol. The summed E-state index contributed by atoms with van der Waals surface area (Å²) in [5.74, 6) is 2.53. The van der Waals surface area contributed by atoms with E-state index in [9.17, 15) is 0 Å². The summed E-state index contributed by atoms with van der Waals surface area (Å²) in [6.45, 7) is 7.17. The highest BCUT2D eigenvalue weighted by molar-refractivity contribution is 4.92. The highest BCUT2D eigenvalue weighted by Crippen LogP contribution is 2.43. The second-order valence-corrected chi connectivity index (χ2v) is 7.86. The normalized spacial score (nSPS) is 33.0. The second-order valence-electron chi connectivity index (χ2n) is 7.86. The van der Waals surface area contributed by atoms with Crippen LogP contribution in [0.25, 0.3) is 0 Å². The molecule has 1 aliphatic heterocycles. The number of nitrogens with one attached hydrogen (secondary N) is 1. The van der Waals surface area contributed by atoms with E-state index in [1.165, 1.54) is 64.3 Å². The molecule has 2 nitrogen and oxygen atoms in total. The Bertz CT molecular complexity index is 301. The van der Waals surface area contributed by atoms with Crippen LogP contribution in [0.3, 0.4) is 0 Å². The summed E-state index contributed by atoms with van der Waals surface area (Å²) in [6.07, 6.45) is 12.3. The van der Waals surface area contributed by atoms with Crippen molar-refractivity contribution >= 4 is 0 Å². The van der Waals surface area contributed by atoms with Crippen molar-refractivity contribution < 1.29 is 4.74 Å². The van der Waals surface area contributed by atoms with Crippen molar-refractivity contribution in [2.24, 2.45) is 17.8 Å². The van der Waals surface area contributed by atoms with Gasteiger partial charge in [-0.2, -0.15) is 0 Å². The molecular formula is C18H33NO. The van der Waals surface area contributed by atoms with Crippen molar-refractivity contribution in [3.8, 4) is 0 Å². The predicted octanol–water partition coefficient (Wildman–Crippen LogP) is 4.14. The maximum absolute atomic E-state index is 6.26. The minimum atomic E-state index is 0.277. The van der Waals surface area contributed by atoms with Crippen molar-refractivity contribution in [3.63, 3.8) is 0 Å². The highest BCUT2D eigenvalue weighted by atomic mass is 16.5. The van der Waals surface area contributed by atoms with E-state index >= 15 is 0 Å². The van der Waals surface area contributed by atoms with Gasteiger partial charge in [0.05, 0.1) is 5.60 Å². The van der Waals surface area contributed by atoms with Crippen molar-refractivity contribution in [2.75, 3.05) is 13.2 Å². The van der Waals surface area contributed by atoms with Gasteiger partial charge in [0.25, 0.3) is 0 Å². The zero-order chi connectivity index (χ0) is 14.0. The van der Waals surface area contributed by atoms with Gasteiger partial charge in [-0.3, -0.25) is 0 Å². The highest BCUT2D eigenvalue weighted by Gasteiger charge is 2.40. The van der Waals surface area contributed by atoms with Crippen molar-refractivity contribution in [1.29, 1.82) is 0 Å². The third-order valence-electron chi connectivity index (χ3n) is 6.24. The third kappa shape index (κ3) is 3.57. The molecule has 0 aromatic carbocycles. The fraction of sp³-hybridized carbons (Fsp3) is 1.00. The molecule has 3 atom stereocenters. The Balaban J connectivity index is 1.51. The van der Waals surface area contributed by atoms with Crippen LogP contribution in [0.15, 0.2) is 0 Å². The molecule has 1 spiro atoms. The summed E-state index contributed by atoms with van der Waals surface area (Å²) in [5, 5.41) is 3.72. The molecule has 3 aliphatic rings. The first-order chi connectivity index (χ1) is 9.69. The standard InChI is InChI=1S/C18H33NO/c1-14(13-19-17-6-7-17)15(2)16-8-11-20-18(12-16)9-4-3-5-10-18/h14-17,19H,3-13H2,1-2H3. The van der Waals surface area contributed by atoms with E-state index in [1.54, 1.807) is 0 Å². The summed E-state index contributed by atoms with van der Waals surface area (Å²) < 4.78 is 6.26. The quantitative estimate of drug-likeness (QED) is 0.816. The molecule has 0 amide bonds. The summed E-state index contributed by atoms with van der Waals surface area (Å²) in [4.78, 5) is 0. The molecule has 0 radical (unpaired) electrons. The van der Waals surface area contributed by atoms with Crippen LogP contribution in [0.2, 0.25) is 0 Å². The summed E-state index contributed by atoms with van der Waals surface area (Å²) in [7, 11) is 0. The van der Waals surface area contributed by atoms with Crippen LogP contribution in [0.5, 0.6) is 0 Å². The predicted molar refractivity (Wildman–Crippen MR) is 83.8 cm³/mol. The molecule has 1 heterocycles. The zero-order valence-corrected chi connectivity index (χ0v) is 13.5. The van der Waals surface area contributed by atoms with Crippen LogP contribution in [0, 0.1) is 17.8 Å². The Morgan fingerprint density at radius 1 is 1.10 bits per heavy atom. The average Bonchev–Trinajstić information content (AvgIpc) is 3.29. The lowest BCUT2D eigenvalue weighted by Gasteiger charge is -2.46. The fourth-order valence-corrected chi connectivity index (χ4v) is 4.35. The Morgan fingerprint density at radius 3 is 2.55 bits per heavy atom. The molecular weight excluding hydrogens is 246 g/mol. The van der Waals surface area contributed by atoms with Gasteiger partial charge in [-0.1, -0.05) is 33.1 Å². The van der Waals surface area contributed by atoms with E-state index in [2.05, 4.69) is 19.2 Å². The van der Waals surface area contributed by atoms with Crippen LogP contribution < -0.4 is 5.32 Å². The van der Waals surface area contributed by atoms with Crippen LogP contribution in [-0.2, 0) is 4.74 Å². The van der Waals surface area contributed by atoms with Gasteiger partial charge >= 0.3 is 0 Å². The molecule has 20 heavy (non-hydrogen) atoms. The lowest BCUT2D eigenvalue weighted by molar-refractivity contribution is -0.126. The van der Waals surface area contributed by atoms with E-state index in [-0.39, 0.29) is 5.60 Å². The molecule has 3 rings (SSSR count). The summed E-state index contributed by atoms with van der Waals surface area (Å²) in [6, 6.07) is 0.851. The molecule has 2 saturated carbocycles. The molecule has 2 aliphatic carbocycles. The van der Waals surface area contributed by atoms with Crippen LogP contribution in [0.1, 0.15) is 71.6 Å². The molecule has 0 aromatic heterocycles. The first kappa shape index (κ1) is 14.8. The lowest BCUT2D eigenvalue weighted by Crippen LogP contribution is -2.44. The Hall–Kier alpha value is -0.0800. The van der Waals surface area contributed by atoms with Gasteiger partial charge < -0.3 is 10.1 Å². The first-order valence-electron chi connectivity index (χ1n) is 9.06. The van der Waals surface area contributed by atoms with E-state index < -0.39 is 0 Å². The Kier molecular flexibility index (Phi) is 4.72. The van der Waals surface area contributed by atoms with Crippen molar-refractivity contribution in [2.45, 2.75) is 83.3 Å². The number of hydrogen-bond donors (Lipinski definition) is 1. The van der Waals surface area contributed by atoms with Gasteiger partial charge in [0, 0.05) is 12.6 Å². The largest absolute Gasteiger partial charge is 0.375 e. The summed E-state index contributed by atoms with van der Waals surface area (Å²) in [5.41, 5.74) is 0.277. The van der Waals surface area contributed by atoms with Crippen LogP contribution in [0.4, 0.5) is 0 Å². The van der Waals surface area contributed by atoms with Crippen molar-refractivity contribution in [1.82, 2.24) is 5.32 Å². The van der Waals surface area contributed by atoms with E-state index in [0.29, 0.717) is 0 Å². The SMILES string of the molecule is CC(CNC1CC1)C(C)C1CCOC2(CCCCC2)C1. The smallest absolute Gasteiger partial charge is 0.0685 e. The lowest BCUT2D eigenvalue weighted by atomic mass is 9.70.